The van der Waals surface area contributed by atoms with Crippen molar-refractivity contribution in [3.05, 3.63) is 59.2 Å². The van der Waals surface area contributed by atoms with Gasteiger partial charge in [-0.2, -0.15) is 0 Å². The molecule has 1 amide bonds. The zero-order valence-electron chi connectivity index (χ0n) is 12.4. The maximum absolute atomic E-state index is 11.8. The summed E-state index contributed by atoms with van der Waals surface area (Å²) in [6.07, 6.45) is 0. The molecule has 22 heavy (non-hydrogen) atoms. The van der Waals surface area contributed by atoms with Crippen molar-refractivity contribution in [2.24, 2.45) is 0 Å². The summed E-state index contributed by atoms with van der Waals surface area (Å²) in [5.74, 6) is -1.34. The SMILES string of the molecule is Cc1cccc(NC(=O)COC(=O)c2ccc(C)cc2O)c1. The normalized spacial score (nSPS) is 10.1. The van der Waals surface area contributed by atoms with Gasteiger partial charge in [0.25, 0.3) is 5.91 Å². The molecule has 0 unspecified atom stereocenters. The van der Waals surface area contributed by atoms with Gasteiger partial charge in [-0.3, -0.25) is 4.79 Å². The van der Waals surface area contributed by atoms with E-state index in [9.17, 15) is 14.7 Å². The van der Waals surface area contributed by atoms with Crippen LogP contribution in [0.3, 0.4) is 0 Å². The van der Waals surface area contributed by atoms with E-state index in [2.05, 4.69) is 5.32 Å². The minimum absolute atomic E-state index is 0.0361. The first-order valence-corrected chi connectivity index (χ1v) is 6.79. The Balaban J connectivity index is 1.92. The number of rotatable bonds is 4. The zero-order valence-corrected chi connectivity index (χ0v) is 12.4. The summed E-state index contributed by atoms with van der Waals surface area (Å²) in [4.78, 5) is 23.6. The van der Waals surface area contributed by atoms with Gasteiger partial charge in [0.15, 0.2) is 6.61 Å². The van der Waals surface area contributed by atoms with Gasteiger partial charge >= 0.3 is 5.97 Å². The van der Waals surface area contributed by atoms with Crippen molar-refractivity contribution < 1.29 is 19.4 Å². The molecule has 114 valence electrons. The number of anilines is 1. The molecule has 0 radical (unpaired) electrons. The second-order valence-electron chi connectivity index (χ2n) is 5.01. The van der Waals surface area contributed by atoms with Crippen molar-refractivity contribution in [3.8, 4) is 5.75 Å². The number of hydrogen-bond acceptors (Lipinski definition) is 4. The highest BCUT2D eigenvalue weighted by Gasteiger charge is 2.14. The maximum atomic E-state index is 11.8. The number of phenolic OH excluding ortho intramolecular Hbond substituents is 1. The Morgan fingerprint density at radius 3 is 2.50 bits per heavy atom. The second-order valence-corrected chi connectivity index (χ2v) is 5.01. The highest BCUT2D eigenvalue weighted by atomic mass is 16.5. The summed E-state index contributed by atoms with van der Waals surface area (Å²) < 4.78 is 4.90. The van der Waals surface area contributed by atoms with Crippen LogP contribution in [0.25, 0.3) is 0 Å². The van der Waals surface area contributed by atoms with Crippen LogP contribution in [0.15, 0.2) is 42.5 Å². The molecule has 0 aliphatic carbocycles. The molecule has 0 saturated heterocycles. The third-order valence-corrected chi connectivity index (χ3v) is 3.01. The molecule has 0 spiro atoms. The molecule has 5 nitrogen and oxygen atoms in total. The number of esters is 1. The molecule has 2 aromatic carbocycles. The highest BCUT2D eigenvalue weighted by Crippen LogP contribution is 2.19. The number of ether oxygens (including phenoxy) is 1. The number of aromatic hydroxyl groups is 1. The van der Waals surface area contributed by atoms with Gasteiger partial charge in [-0.15, -0.1) is 0 Å². The number of carbonyl (C=O) groups excluding carboxylic acids is 2. The minimum atomic E-state index is -0.739. The lowest BCUT2D eigenvalue weighted by Gasteiger charge is -2.08. The van der Waals surface area contributed by atoms with E-state index in [1.54, 1.807) is 19.1 Å². The largest absolute Gasteiger partial charge is 0.507 e. The lowest BCUT2D eigenvalue weighted by atomic mass is 10.1. The summed E-state index contributed by atoms with van der Waals surface area (Å²) in [5, 5.41) is 12.3. The van der Waals surface area contributed by atoms with Crippen molar-refractivity contribution in [2.45, 2.75) is 13.8 Å². The summed E-state index contributed by atoms with van der Waals surface area (Å²) >= 11 is 0. The summed E-state index contributed by atoms with van der Waals surface area (Å²) in [6, 6.07) is 11.9. The number of benzene rings is 2. The van der Waals surface area contributed by atoms with Crippen molar-refractivity contribution in [1.82, 2.24) is 0 Å². The van der Waals surface area contributed by atoms with E-state index < -0.39 is 18.5 Å². The Hall–Kier alpha value is -2.82. The third kappa shape index (κ3) is 4.09. The standard InChI is InChI=1S/C17H17NO4/c1-11-4-3-5-13(8-11)18-16(20)10-22-17(21)14-7-6-12(2)9-15(14)19/h3-9,19H,10H2,1-2H3,(H,18,20). The van der Waals surface area contributed by atoms with Crippen molar-refractivity contribution in [2.75, 3.05) is 11.9 Å². The van der Waals surface area contributed by atoms with Crippen LogP contribution in [0.2, 0.25) is 0 Å². The van der Waals surface area contributed by atoms with Crippen molar-refractivity contribution in [1.29, 1.82) is 0 Å². The number of amides is 1. The second kappa shape index (κ2) is 6.76. The summed E-state index contributed by atoms with van der Waals surface area (Å²) in [5.41, 5.74) is 2.51. The van der Waals surface area contributed by atoms with Crippen LogP contribution in [0.5, 0.6) is 5.75 Å². The molecule has 0 aliphatic heterocycles. The molecule has 0 atom stereocenters. The fourth-order valence-electron chi connectivity index (χ4n) is 1.94. The average Bonchev–Trinajstić information content (AvgIpc) is 2.45. The lowest BCUT2D eigenvalue weighted by Crippen LogP contribution is -2.21. The predicted molar refractivity (Wildman–Crippen MR) is 82.9 cm³/mol. The maximum Gasteiger partial charge on any atom is 0.342 e. The van der Waals surface area contributed by atoms with Crippen LogP contribution < -0.4 is 5.32 Å². The number of carbonyl (C=O) groups is 2. The van der Waals surface area contributed by atoms with Gasteiger partial charge in [0.05, 0.1) is 0 Å². The van der Waals surface area contributed by atoms with Gasteiger partial charge < -0.3 is 15.2 Å². The minimum Gasteiger partial charge on any atom is -0.507 e. The molecule has 0 bridgehead atoms. The Morgan fingerprint density at radius 1 is 1.09 bits per heavy atom. The molecule has 2 aromatic rings. The van der Waals surface area contributed by atoms with Gasteiger partial charge in [0.2, 0.25) is 0 Å². The first-order valence-electron chi connectivity index (χ1n) is 6.79. The molecular weight excluding hydrogens is 282 g/mol. The number of phenols is 1. The molecule has 5 heteroatoms. The molecule has 2 N–H and O–H groups in total. The van der Waals surface area contributed by atoms with Crippen LogP contribution in [-0.2, 0) is 9.53 Å². The van der Waals surface area contributed by atoms with Gasteiger partial charge in [0, 0.05) is 5.69 Å². The van der Waals surface area contributed by atoms with Crippen LogP contribution in [0.4, 0.5) is 5.69 Å². The van der Waals surface area contributed by atoms with Gasteiger partial charge in [-0.05, 0) is 49.2 Å². The smallest absolute Gasteiger partial charge is 0.342 e. The fraction of sp³-hybridized carbons (Fsp3) is 0.176. The van der Waals surface area contributed by atoms with E-state index in [0.717, 1.165) is 11.1 Å². The van der Waals surface area contributed by atoms with Crippen LogP contribution >= 0.6 is 0 Å². The first kappa shape index (κ1) is 15.6. The number of nitrogens with one attached hydrogen (secondary N) is 1. The first-order chi connectivity index (χ1) is 10.5. The Bertz CT molecular complexity index is 710. The Labute approximate surface area is 128 Å². The molecule has 0 aromatic heterocycles. The van der Waals surface area contributed by atoms with Crippen molar-refractivity contribution >= 4 is 17.6 Å². The van der Waals surface area contributed by atoms with Crippen LogP contribution in [0.1, 0.15) is 21.5 Å². The molecule has 0 fully saturated rings. The third-order valence-electron chi connectivity index (χ3n) is 3.01. The van der Waals surface area contributed by atoms with E-state index in [0.29, 0.717) is 5.69 Å². The quantitative estimate of drug-likeness (QED) is 0.851. The fourth-order valence-corrected chi connectivity index (χ4v) is 1.94. The molecule has 0 aliphatic rings. The van der Waals surface area contributed by atoms with E-state index >= 15 is 0 Å². The zero-order chi connectivity index (χ0) is 16.1. The molecule has 0 saturated carbocycles. The van der Waals surface area contributed by atoms with Gasteiger partial charge in [0.1, 0.15) is 11.3 Å². The summed E-state index contributed by atoms with van der Waals surface area (Å²) in [7, 11) is 0. The van der Waals surface area contributed by atoms with Crippen molar-refractivity contribution in [3.63, 3.8) is 0 Å². The van der Waals surface area contributed by atoms with E-state index in [-0.39, 0.29) is 11.3 Å². The van der Waals surface area contributed by atoms with Gasteiger partial charge in [-0.1, -0.05) is 18.2 Å². The predicted octanol–water partition coefficient (Wildman–Crippen LogP) is 2.80. The molecular formula is C17H17NO4. The average molecular weight is 299 g/mol. The molecule has 2 rings (SSSR count). The lowest BCUT2D eigenvalue weighted by molar-refractivity contribution is -0.119. The monoisotopic (exact) mass is 299 g/mol. The van der Waals surface area contributed by atoms with Crippen LogP contribution in [0, 0.1) is 13.8 Å². The van der Waals surface area contributed by atoms with E-state index in [4.69, 9.17) is 4.74 Å². The van der Waals surface area contributed by atoms with E-state index in [1.165, 1.54) is 12.1 Å². The highest BCUT2D eigenvalue weighted by molar-refractivity contribution is 5.96. The van der Waals surface area contributed by atoms with Gasteiger partial charge in [-0.25, -0.2) is 4.79 Å². The Kier molecular flexibility index (Phi) is 4.78. The molecule has 0 heterocycles. The topological polar surface area (TPSA) is 75.6 Å². The summed E-state index contributed by atoms with van der Waals surface area (Å²) in [6.45, 7) is 3.29. The number of hydrogen-bond donors (Lipinski definition) is 2. The van der Waals surface area contributed by atoms with E-state index in [1.807, 2.05) is 25.1 Å². The number of aryl methyl sites for hydroxylation is 2. The van der Waals surface area contributed by atoms with Crippen LogP contribution in [-0.4, -0.2) is 23.6 Å². The Morgan fingerprint density at radius 2 is 1.82 bits per heavy atom.